The van der Waals surface area contributed by atoms with E-state index in [9.17, 15) is 0 Å². The Bertz CT molecular complexity index is 637. The summed E-state index contributed by atoms with van der Waals surface area (Å²) in [5, 5.41) is 13.3. The summed E-state index contributed by atoms with van der Waals surface area (Å²) in [6.45, 7) is 3.67. The number of nitrogens with zero attached hydrogens (tertiary/aromatic N) is 3. The molecule has 2 rings (SSSR count). The first kappa shape index (κ1) is 12.0. The van der Waals surface area contributed by atoms with Gasteiger partial charge in [0.05, 0.1) is 11.4 Å². The zero-order valence-corrected chi connectivity index (χ0v) is 10.6. The summed E-state index contributed by atoms with van der Waals surface area (Å²) in [4.78, 5) is 0. The molecule has 0 bridgehead atoms. The van der Waals surface area contributed by atoms with Crippen LogP contribution in [0.25, 0.3) is 0 Å². The third-order valence-corrected chi connectivity index (χ3v) is 2.77. The second kappa shape index (κ2) is 4.41. The maximum atomic E-state index is 9.10. The number of rotatable bonds is 2. The molecule has 18 heavy (non-hydrogen) atoms. The van der Waals surface area contributed by atoms with Crippen molar-refractivity contribution in [1.82, 2.24) is 9.78 Å². The van der Waals surface area contributed by atoms with Crippen molar-refractivity contribution in [3.63, 3.8) is 0 Å². The highest BCUT2D eigenvalue weighted by Gasteiger charge is 2.16. The molecule has 0 amide bonds. The lowest BCUT2D eigenvalue weighted by Crippen LogP contribution is -1.99. The van der Waals surface area contributed by atoms with Gasteiger partial charge in [0.1, 0.15) is 11.6 Å². The van der Waals surface area contributed by atoms with Gasteiger partial charge < -0.3 is 10.5 Å². The first-order valence-electron chi connectivity index (χ1n) is 5.51. The number of hydrogen-bond acceptors (Lipinski definition) is 4. The first-order valence-corrected chi connectivity index (χ1v) is 5.51. The van der Waals surface area contributed by atoms with Crippen LogP contribution in [0.3, 0.4) is 0 Å². The fourth-order valence-corrected chi connectivity index (χ4v) is 1.73. The summed E-state index contributed by atoms with van der Waals surface area (Å²) in [6.07, 6.45) is 0. The van der Waals surface area contributed by atoms with Gasteiger partial charge in [-0.2, -0.15) is 10.4 Å². The van der Waals surface area contributed by atoms with Gasteiger partial charge in [0.15, 0.2) is 5.75 Å². The SMILES string of the molecule is Cc1cccc(Oc2c(C#N)c(C)nn2C)c1N. The quantitative estimate of drug-likeness (QED) is 0.819. The van der Waals surface area contributed by atoms with Crippen LogP contribution in [0.4, 0.5) is 5.69 Å². The van der Waals surface area contributed by atoms with Crippen molar-refractivity contribution in [2.45, 2.75) is 13.8 Å². The number of hydrogen-bond donors (Lipinski definition) is 1. The van der Waals surface area contributed by atoms with Gasteiger partial charge >= 0.3 is 0 Å². The Kier molecular flexibility index (Phi) is 2.94. The van der Waals surface area contributed by atoms with Crippen LogP contribution in [0.1, 0.15) is 16.8 Å². The number of aryl methyl sites for hydroxylation is 3. The minimum atomic E-state index is 0.410. The van der Waals surface area contributed by atoms with Gasteiger partial charge in [0, 0.05) is 7.05 Å². The first-order chi connectivity index (χ1) is 8.54. The molecular weight excluding hydrogens is 228 g/mol. The molecule has 1 aromatic heterocycles. The number of nitriles is 1. The van der Waals surface area contributed by atoms with Crippen LogP contribution in [-0.2, 0) is 7.05 Å². The Morgan fingerprint density at radius 2 is 2.11 bits per heavy atom. The highest BCUT2D eigenvalue weighted by Crippen LogP contribution is 2.31. The van der Waals surface area contributed by atoms with E-state index >= 15 is 0 Å². The molecule has 1 heterocycles. The van der Waals surface area contributed by atoms with E-state index < -0.39 is 0 Å². The summed E-state index contributed by atoms with van der Waals surface area (Å²) in [6, 6.07) is 7.62. The van der Waals surface area contributed by atoms with E-state index in [1.807, 2.05) is 19.1 Å². The summed E-state index contributed by atoms with van der Waals surface area (Å²) in [7, 11) is 1.73. The van der Waals surface area contributed by atoms with Crippen molar-refractivity contribution < 1.29 is 4.74 Å². The third kappa shape index (κ3) is 1.89. The van der Waals surface area contributed by atoms with E-state index in [1.54, 1.807) is 20.0 Å². The molecule has 2 aromatic rings. The summed E-state index contributed by atoms with van der Waals surface area (Å²) in [5.74, 6) is 0.946. The Morgan fingerprint density at radius 3 is 2.78 bits per heavy atom. The largest absolute Gasteiger partial charge is 0.436 e. The average molecular weight is 242 g/mol. The normalized spacial score (nSPS) is 10.1. The fraction of sp³-hybridized carbons (Fsp3) is 0.231. The van der Waals surface area contributed by atoms with Crippen molar-refractivity contribution in [2.24, 2.45) is 7.05 Å². The van der Waals surface area contributed by atoms with E-state index in [0.717, 1.165) is 5.56 Å². The number of aromatic nitrogens is 2. The van der Waals surface area contributed by atoms with Crippen molar-refractivity contribution >= 4 is 5.69 Å². The van der Waals surface area contributed by atoms with E-state index in [0.29, 0.717) is 28.6 Å². The molecule has 92 valence electrons. The molecule has 5 nitrogen and oxygen atoms in total. The molecule has 0 spiro atoms. The molecular formula is C13H14N4O. The number of para-hydroxylation sites is 1. The van der Waals surface area contributed by atoms with E-state index in [1.165, 1.54) is 4.68 Å². The van der Waals surface area contributed by atoms with Crippen molar-refractivity contribution in [1.29, 1.82) is 5.26 Å². The monoisotopic (exact) mass is 242 g/mol. The predicted molar refractivity (Wildman–Crippen MR) is 68.3 cm³/mol. The fourth-order valence-electron chi connectivity index (χ4n) is 1.73. The van der Waals surface area contributed by atoms with Crippen molar-refractivity contribution in [3.05, 3.63) is 35.0 Å². The Hall–Kier alpha value is -2.48. The van der Waals surface area contributed by atoms with Gasteiger partial charge in [0.2, 0.25) is 5.88 Å². The lowest BCUT2D eigenvalue weighted by atomic mass is 10.2. The number of anilines is 1. The summed E-state index contributed by atoms with van der Waals surface area (Å²) >= 11 is 0. The van der Waals surface area contributed by atoms with Gasteiger partial charge in [-0.3, -0.25) is 0 Å². The highest BCUT2D eigenvalue weighted by atomic mass is 16.5. The van der Waals surface area contributed by atoms with Crippen LogP contribution >= 0.6 is 0 Å². The molecule has 0 aliphatic carbocycles. The van der Waals surface area contributed by atoms with Gasteiger partial charge in [0.25, 0.3) is 0 Å². The maximum absolute atomic E-state index is 9.10. The van der Waals surface area contributed by atoms with Crippen molar-refractivity contribution in [3.8, 4) is 17.7 Å². The molecule has 2 N–H and O–H groups in total. The van der Waals surface area contributed by atoms with Crippen LogP contribution in [-0.4, -0.2) is 9.78 Å². The van der Waals surface area contributed by atoms with E-state index in [2.05, 4.69) is 11.2 Å². The van der Waals surface area contributed by atoms with E-state index in [-0.39, 0.29) is 0 Å². The number of nitrogen functional groups attached to an aromatic ring is 1. The average Bonchev–Trinajstić information content (AvgIpc) is 2.59. The molecule has 0 unspecified atom stereocenters. The second-order valence-corrected chi connectivity index (χ2v) is 4.09. The van der Waals surface area contributed by atoms with Crippen LogP contribution in [0.5, 0.6) is 11.6 Å². The van der Waals surface area contributed by atoms with Gasteiger partial charge in [-0.15, -0.1) is 0 Å². The molecule has 5 heteroatoms. The van der Waals surface area contributed by atoms with Gasteiger partial charge in [-0.1, -0.05) is 12.1 Å². The molecule has 0 saturated heterocycles. The minimum Gasteiger partial charge on any atom is -0.436 e. The summed E-state index contributed by atoms with van der Waals surface area (Å²) < 4.78 is 7.25. The highest BCUT2D eigenvalue weighted by molar-refractivity contribution is 5.59. The molecule has 1 aromatic carbocycles. The van der Waals surface area contributed by atoms with Gasteiger partial charge in [-0.05, 0) is 25.5 Å². The van der Waals surface area contributed by atoms with E-state index in [4.69, 9.17) is 15.7 Å². The molecule has 0 saturated carbocycles. The maximum Gasteiger partial charge on any atom is 0.235 e. The Morgan fingerprint density at radius 1 is 1.39 bits per heavy atom. The van der Waals surface area contributed by atoms with Crippen LogP contribution in [0, 0.1) is 25.2 Å². The number of benzene rings is 1. The van der Waals surface area contributed by atoms with Crippen molar-refractivity contribution in [2.75, 3.05) is 5.73 Å². The third-order valence-electron chi connectivity index (χ3n) is 2.77. The van der Waals surface area contributed by atoms with Crippen LogP contribution in [0.15, 0.2) is 18.2 Å². The smallest absolute Gasteiger partial charge is 0.235 e. The Labute approximate surface area is 105 Å². The van der Waals surface area contributed by atoms with Gasteiger partial charge in [-0.25, -0.2) is 4.68 Å². The molecule has 0 radical (unpaired) electrons. The van der Waals surface area contributed by atoms with Crippen LogP contribution in [0.2, 0.25) is 0 Å². The number of nitrogens with two attached hydrogens (primary N) is 1. The lowest BCUT2D eigenvalue weighted by Gasteiger charge is -2.10. The second-order valence-electron chi connectivity index (χ2n) is 4.09. The Balaban J connectivity index is 2.47. The molecule has 0 aliphatic heterocycles. The number of ether oxygens (including phenoxy) is 1. The topological polar surface area (TPSA) is 76.9 Å². The summed E-state index contributed by atoms with van der Waals surface area (Å²) in [5.41, 5.74) is 8.52. The predicted octanol–water partition coefficient (Wildman–Crippen LogP) is 2.28. The molecule has 0 fully saturated rings. The minimum absolute atomic E-state index is 0.410. The standard InChI is InChI=1S/C13H14N4O/c1-8-5-4-6-11(12(8)15)18-13-10(7-14)9(2)16-17(13)3/h4-6H,15H2,1-3H3. The molecule has 0 aliphatic rings. The van der Waals surface area contributed by atoms with Crippen LogP contribution < -0.4 is 10.5 Å². The zero-order valence-electron chi connectivity index (χ0n) is 10.6. The lowest BCUT2D eigenvalue weighted by molar-refractivity contribution is 0.431. The molecule has 0 atom stereocenters. The zero-order chi connectivity index (χ0) is 13.3.